The molecular formula is C13H20N2O4. The summed E-state index contributed by atoms with van der Waals surface area (Å²) in [6.45, 7) is 7.71. The standard InChI is InChI=1S/C13H20N2O4/c1-5-18-11(16)9-6-10(14-7-9)8-15-12(17)19-13(2,3)4/h6-7,14H,5,8H2,1-4H3,(H,15,17). The Morgan fingerprint density at radius 3 is 2.63 bits per heavy atom. The highest BCUT2D eigenvalue weighted by atomic mass is 16.6. The number of esters is 1. The SMILES string of the molecule is CCOC(=O)c1c[nH]c(CNC(=O)OC(C)(C)C)c1. The lowest BCUT2D eigenvalue weighted by atomic mass is 10.2. The fraction of sp³-hybridized carbons (Fsp3) is 0.538. The van der Waals surface area contributed by atoms with Crippen LogP contribution in [-0.2, 0) is 16.0 Å². The molecule has 0 saturated carbocycles. The number of rotatable bonds is 4. The van der Waals surface area contributed by atoms with Crippen LogP contribution in [0.5, 0.6) is 0 Å². The van der Waals surface area contributed by atoms with Gasteiger partial charge in [0, 0.05) is 11.9 Å². The molecule has 0 spiro atoms. The van der Waals surface area contributed by atoms with Crippen LogP contribution in [-0.4, -0.2) is 29.3 Å². The Morgan fingerprint density at radius 1 is 1.37 bits per heavy atom. The van der Waals surface area contributed by atoms with Crippen LogP contribution >= 0.6 is 0 Å². The molecule has 0 aliphatic rings. The molecule has 0 aliphatic heterocycles. The molecule has 6 heteroatoms. The molecule has 1 aromatic heterocycles. The molecule has 106 valence electrons. The van der Waals surface area contributed by atoms with E-state index in [9.17, 15) is 9.59 Å². The number of alkyl carbamates (subject to hydrolysis) is 1. The smallest absolute Gasteiger partial charge is 0.407 e. The first kappa shape index (κ1) is 15.1. The maximum atomic E-state index is 11.4. The molecule has 0 aromatic carbocycles. The summed E-state index contributed by atoms with van der Waals surface area (Å²) in [6.07, 6.45) is 1.05. The molecule has 0 saturated heterocycles. The lowest BCUT2D eigenvalue weighted by Crippen LogP contribution is -2.32. The minimum absolute atomic E-state index is 0.258. The van der Waals surface area contributed by atoms with Gasteiger partial charge in [-0.2, -0.15) is 0 Å². The summed E-state index contributed by atoms with van der Waals surface area (Å²) in [5, 5.41) is 2.60. The van der Waals surface area contributed by atoms with Crippen LogP contribution in [0.4, 0.5) is 4.79 Å². The summed E-state index contributed by atoms with van der Waals surface area (Å²) in [5.41, 5.74) is 0.604. The van der Waals surface area contributed by atoms with Crippen LogP contribution in [0.2, 0.25) is 0 Å². The second kappa shape index (κ2) is 6.26. The second-order valence-electron chi connectivity index (χ2n) is 4.99. The van der Waals surface area contributed by atoms with Gasteiger partial charge in [-0.15, -0.1) is 0 Å². The number of aromatic nitrogens is 1. The molecule has 0 aliphatic carbocycles. The van der Waals surface area contributed by atoms with Crippen molar-refractivity contribution in [3.05, 3.63) is 23.5 Å². The van der Waals surface area contributed by atoms with E-state index in [2.05, 4.69) is 10.3 Å². The normalized spacial score (nSPS) is 10.9. The summed E-state index contributed by atoms with van der Waals surface area (Å²) in [5.74, 6) is -0.387. The lowest BCUT2D eigenvalue weighted by molar-refractivity contribution is 0.0516. The number of ether oxygens (including phenoxy) is 2. The van der Waals surface area contributed by atoms with Crippen LogP contribution in [0.3, 0.4) is 0 Å². The Balaban J connectivity index is 2.46. The minimum Gasteiger partial charge on any atom is -0.462 e. The van der Waals surface area contributed by atoms with E-state index in [1.165, 1.54) is 0 Å². The highest BCUT2D eigenvalue weighted by Gasteiger charge is 2.16. The third-order valence-corrected chi connectivity index (χ3v) is 2.08. The number of H-pyrrole nitrogens is 1. The van der Waals surface area contributed by atoms with Crippen molar-refractivity contribution in [2.45, 2.75) is 39.8 Å². The van der Waals surface area contributed by atoms with Crippen molar-refractivity contribution in [1.29, 1.82) is 0 Å². The molecular weight excluding hydrogens is 248 g/mol. The Hall–Kier alpha value is -1.98. The van der Waals surface area contributed by atoms with Gasteiger partial charge in [0.15, 0.2) is 0 Å². The molecule has 19 heavy (non-hydrogen) atoms. The van der Waals surface area contributed by atoms with Gasteiger partial charge in [0.1, 0.15) is 5.60 Å². The quantitative estimate of drug-likeness (QED) is 0.820. The van der Waals surface area contributed by atoms with Gasteiger partial charge in [-0.25, -0.2) is 9.59 Å². The van der Waals surface area contributed by atoms with E-state index in [0.29, 0.717) is 17.9 Å². The fourth-order valence-electron chi connectivity index (χ4n) is 1.36. The van der Waals surface area contributed by atoms with E-state index in [1.807, 2.05) is 0 Å². The number of carbonyl (C=O) groups is 2. The number of hydrogen-bond donors (Lipinski definition) is 2. The zero-order chi connectivity index (χ0) is 14.5. The fourth-order valence-corrected chi connectivity index (χ4v) is 1.36. The van der Waals surface area contributed by atoms with E-state index in [0.717, 1.165) is 0 Å². The van der Waals surface area contributed by atoms with Crippen molar-refractivity contribution >= 4 is 12.1 Å². The zero-order valence-electron chi connectivity index (χ0n) is 11.7. The summed E-state index contributed by atoms with van der Waals surface area (Å²) in [4.78, 5) is 25.8. The van der Waals surface area contributed by atoms with Gasteiger partial charge in [-0.3, -0.25) is 0 Å². The first-order chi connectivity index (χ1) is 8.81. The van der Waals surface area contributed by atoms with Crippen molar-refractivity contribution in [3.8, 4) is 0 Å². The molecule has 6 nitrogen and oxygen atoms in total. The van der Waals surface area contributed by atoms with Crippen molar-refractivity contribution in [3.63, 3.8) is 0 Å². The maximum Gasteiger partial charge on any atom is 0.407 e. The molecule has 1 heterocycles. The Morgan fingerprint density at radius 2 is 2.05 bits per heavy atom. The second-order valence-corrected chi connectivity index (χ2v) is 4.99. The summed E-state index contributed by atoms with van der Waals surface area (Å²) in [7, 11) is 0. The van der Waals surface area contributed by atoms with Crippen molar-refractivity contribution in [2.75, 3.05) is 6.61 Å². The summed E-state index contributed by atoms with van der Waals surface area (Å²) < 4.78 is 9.96. The highest BCUT2D eigenvalue weighted by molar-refractivity contribution is 5.89. The highest BCUT2D eigenvalue weighted by Crippen LogP contribution is 2.08. The molecule has 1 amide bonds. The predicted molar refractivity (Wildman–Crippen MR) is 69.8 cm³/mol. The molecule has 0 bridgehead atoms. The topological polar surface area (TPSA) is 80.4 Å². The molecule has 0 atom stereocenters. The largest absolute Gasteiger partial charge is 0.462 e. The lowest BCUT2D eigenvalue weighted by Gasteiger charge is -2.19. The Kier molecular flexibility index (Phi) is 4.97. The van der Waals surface area contributed by atoms with E-state index < -0.39 is 11.7 Å². The van der Waals surface area contributed by atoms with Gasteiger partial charge in [0.05, 0.1) is 18.7 Å². The van der Waals surface area contributed by atoms with Gasteiger partial charge >= 0.3 is 12.1 Å². The molecule has 0 radical (unpaired) electrons. The average Bonchev–Trinajstić information content (AvgIpc) is 2.73. The molecule has 0 fully saturated rings. The van der Waals surface area contributed by atoms with E-state index in [1.54, 1.807) is 40.0 Å². The van der Waals surface area contributed by atoms with Gasteiger partial charge in [-0.05, 0) is 33.8 Å². The van der Waals surface area contributed by atoms with Crippen LogP contribution in [0.15, 0.2) is 12.3 Å². The number of carbonyl (C=O) groups excluding carboxylic acids is 2. The molecule has 1 aromatic rings. The Labute approximate surface area is 112 Å². The first-order valence-electron chi connectivity index (χ1n) is 6.13. The Bertz CT molecular complexity index is 446. The zero-order valence-corrected chi connectivity index (χ0v) is 11.7. The summed E-state index contributed by atoms with van der Waals surface area (Å²) in [6, 6.07) is 1.63. The van der Waals surface area contributed by atoms with E-state index >= 15 is 0 Å². The van der Waals surface area contributed by atoms with Crippen LogP contribution in [0.25, 0.3) is 0 Å². The van der Waals surface area contributed by atoms with Crippen molar-refractivity contribution < 1.29 is 19.1 Å². The van der Waals surface area contributed by atoms with E-state index in [-0.39, 0.29) is 12.5 Å². The summed E-state index contributed by atoms with van der Waals surface area (Å²) >= 11 is 0. The third kappa shape index (κ3) is 5.46. The van der Waals surface area contributed by atoms with Crippen LogP contribution in [0, 0.1) is 0 Å². The van der Waals surface area contributed by atoms with Gasteiger partial charge in [-0.1, -0.05) is 0 Å². The number of nitrogens with one attached hydrogen (secondary N) is 2. The molecule has 0 unspecified atom stereocenters. The monoisotopic (exact) mass is 268 g/mol. The van der Waals surface area contributed by atoms with Gasteiger partial charge < -0.3 is 19.8 Å². The van der Waals surface area contributed by atoms with Crippen molar-refractivity contribution in [2.24, 2.45) is 0 Å². The molecule has 1 rings (SSSR count). The van der Waals surface area contributed by atoms with Crippen LogP contribution in [0.1, 0.15) is 43.7 Å². The number of hydrogen-bond acceptors (Lipinski definition) is 4. The van der Waals surface area contributed by atoms with Gasteiger partial charge in [0.25, 0.3) is 0 Å². The van der Waals surface area contributed by atoms with Crippen LogP contribution < -0.4 is 5.32 Å². The number of amides is 1. The maximum absolute atomic E-state index is 11.4. The predicted octanol–water partition coefficient (Wildman–Crippen LogP) is 2.22. The first-order valence-corrected chi connectivity index (χ1v) is 6.13. The van der Waals surface area contributed by atoms with Gasteiger partial charge in [0.2, 0.25) is 0 Å². The van der Waals surface area contributed by atoms with Crippen molar-refractivity contribution in [1.82, 2.24) is 10.3 Å². The van der Waals surface area contributed by atoms with E-state index in [4.69, 9.17) is 9.47 Å². The molecule has 2 N–H and O–H groups in total. The average molecular weight is 268 g/mol. The third-order valence-electron chi connectivity index (χ3n) is 2.08. The number of aromatic amines is 1. The minimum atomic E-state index is -0.532.